The zero-order valence-corrected chi connectivity index (χ0v) is 12.5. The predicted octanol–water partition coefficient (Wildman–Crippen LogP) is 4.81. The molecule has 2 aromatic rings. The number of nitrogens with one attached hydrogen (secondary N) is 1. The van der Waals surface area contributed by atoms with Gasteiger partial charge in [0.25, 0.3) is 0 Å². The molecule has 0 unspecified atom stereocenters. The summed E-state index contributed by atoms with van der Waals surface area (Å²) in [6.45, 7) is 7.35. The molecule has 0 amide bonds. The van der Waals surface area contributed by atoms with Crippen molar-refractivity contribution >= 4 is 11.6 Å². The highest BCUT2D eigenvalue weighted by Gasteiger charge is 2.06. The van der Waals surface area contributed by atoms with Crippen molar-refractivity contribution in [2.45, 2.75) is 33.4 Å². The van der Waals surface area contributed by atoms with Crippen LogP contribution in [0.1, 0.15) is 35.2 Å². The minimum absolute atomic E-state index is 0.317. The second kappa shape index (κ2) is 6.23. The summed E-state index contributed by atoms with van der Waals surface area (Å²) >= 11 is 5.91. The normalized spacial score (nSPS) is 12.4. The van der Waals surface area contributed by atoms with Crippen LogP contribution in [0.2, 0.25) is 5.02 Å². The average molecular weight is 274 g/mol. The van der Waals surface area contributed by atoms with Crippen molar-refractivity contribution in [1.82, 2.24) is 5.32 Å². The second-order valence-corrected chi connectivity index (χ2v) is 5.52. The molecule has 0 aliphatic rings. The summed E-state index contributed by atoms with van der Waals surface area (Å²) in [4.78, 5) is 0. The summed E-state index contributed by atoms with van der Waals surface area (Å²) < 4.78 is 0. The van der Waals surface area contributed by atoms with Crippen molar-refractivity contribution in [3.8, 4) is 0 Å². The van der Waals surface area contributed by atoms with E-state index in [0.29, 0.717) is 6.04 Å². The number of hydrogen-bond donors (Lipinski definition) is 1. The Hall–Kier alpha value is -1.31. The summed E-state index contributed by atoms with van der Waals surface area (Å²) in [6, 6.07) is 14.9. The minimum Gasteiger partial charge on any atom is -0.306 e. The molecule has 2 aromatic carbocycles. The van der Waals surface area contributed by atoms with Crippen molar-refractivity contribution in [1.29, 1.82) is 0 Å². The van der Waals surface area contributed by atoms with Crippen LogP contribution in [0.5, 0.6) is 0 Å². The van der Waals surface area contributed by atoms with Gasteiger partial charge in [-0.3, -0.25) is 0 Å². The van der Waals surface area contributed by atoms with E-state index in [9.17, 15) is 0 Å². The molecule has 1 atom stereocenters. The Balaban J connectivity index is 2.02. The molecule has 19 heavy (non-hydrogen) atoms. The summed E-state index contributed by atoms with van der Waals surface area (Å²) in [5.74, 6) is 0. The molecule has 0 saturated carbocycles. The lowest BCUT2D eigenvalue weighted by atomic mass is 10.0. The quantitative estimate of drug-likeness (QED) is 0.843. The molecule has 0 spiro atoms. The summed E-state index contributed by atoms with van der Waals surface area (Å²) in [5.41, 5.74) is 5.26. The lowest BCUT2D eigenvalue weighted by molar-refractivity contribution is 0.573. The highest BCUT2D eigenvalue weighted by molar-refractivity contribution is 6.30. The summed E-state index contributed by atoms with van der Waals surface area (Å²) in [5, 5.41) is 4.34. The van der Waals surface area contributed by atoms with Crippen LogP contribution >= 0.6 is 11.6 Å². The van der Waals surface area contributed by atoms with Crippen molar-refractivity contribution in [2.24, 2.45) is 0 Å². The van der Waals surface area contributed by atoms with Crippen molar-refractivity contribution < 1.29 is 0 Å². The highest BCUT2D eigenvalue weighted by Crippen LogP contribution is 2.17. The van der Waals surface area contributed by atoms with Crippen LogP contribution in [-0.2, 0) is 6.54 Å². The van der Waals surface area contributed by atoms with Crippen LogP contribution in [0.15, 0.2) is 42.5 Å². The first-order valence-corrected chi connectivity index (χ1v) is 6.99. The Morgan fingerprint density at radius 1 is 1.05 bits per heavy atom. The van der Waals surface area contributed by atoms with Crippen LogP contribution in [0.25, 0.3) is 0 Å². The third-order valence-corrected chi connectivity index (χ3v) is 3.73. The molecule has 0 radical (unpaired) electrons. The molecule has 0 heterocycles. The Morgan fingerprint density at radius 3 is 2.42 bits per heavy atom. The SMILES string of the molecule is Cc1ccc(C)c(CN[C@@H](C)c2ccc(Cl)cc2)c1. The first kappa shape index (κ1) is 14.1. The number of rotatable bonds is 4. The van der Waals surface area contributed by atoms with Gasteiger partial charge in [-0.25, -0.2) is 0 Å². The lowest BCUT2D eigenvalue weighted by Crippen LogP contribution is -2.18. The molecular formula is C17H20ClN. The zero-order chi connectivity index (χ0) is 13.8. The second-order valence-electron chi connectivity index (χ2n) is 5.08. The van der Waals surface area contributed by atoms with Crippen molar-refractivity contribution in [2.75, 3.05) is 0 Å². The maximum absolute atomic E-state index is 5.91. The third kappa shape index (κ3) is 3.82. The van der Waals surface area contributed by atoms with Gasteiger partial charge in [-0.05, 0) is 49.6 Å². The van der Waals surface area contributed by atoms with Crippen LogP contribution in [-0.4, -0.2) is 0 Å². The highest BCUT2D eigenvalue weighted by atomic mass is 35.5. The van der Waals surface area contributed by atoms with Gasteiger partial charge in [0.1, 0.15) is 0 Å². The van der Waals surface area contributed by atoms with E-state index >= 15 is 0 Å². The van der Waals surface area contributed by atoms with Crippen LogP contribution in [0.3, 0.4) is 0 Å². The van der Waals surface area contributed by atoms with Crippen molar-refractivity contribution in [3.63, 3.8) is 0 Å². The molecule has 0 saturated heterocycles. The first-order chi connectivity index (χ1) is 9.06. The minimum atomic E-state index is 0.317. The van der Waals surface area contributed by atoms with E-state index in [1.165, 1.54) is 22.3 Å². The Morgan fingerprint density at radius 2 is 1.74 bits per heavy atom. The van der Waals surface area contributed by atoms with Gasteiger partial charge >= 0.3 is 0 Å². The summed E-state index contributed by atoms with van der Waals surface area (Å²) in [7, 11) is 0. The molecule has 2 heteroatoms. The lowest BCUT2D eigenvalue weighted by Gasteiger charge is -2.16. The van der Waals surface area contributed by atoms with E-state index in [2.05, 4.69) is 56.4 Å². The van der Waals surface area contributed by atoms with E-state index in [-0.39, 0.29) is 0 Å². The fraction of sp³-hybridized carbons (Fsp3) is 0.294. The van der Waals surface area contributed by atoms with Gasteiger partial charge in [-0.15, -0.1) is 0 Å². The van der Waals surface area contributed by atoms with Gasteiger partial charge in [0.05, 0.1) is 0 Å². The number of aryl methyl sites for hydroxylation is 2. The van der Waals surface area contributed by atoms with E-state index in [0.717, 1.165) is 11.6 Å². The van der Waals surface area contributed by atoms with Gasteiger partial charge in [0.15, 0.2) is 0 Å². The molecule has 100 valence electrons. The first-order valence-electron chi connectivity index (χ1n) is 6.61. The van der Waals surface area contributed by atoms with E-state index in [4.69, 9.17) is 11.6 Å². The van der Waals surface area contributed by atoms with Gasteiger partial charge in [-0.2, -0.15) is 0 Å². The van der Waals surface area contributed by atoms with Gasteiger partial charge in [-0.1, -0.05) is 47.5 Å². The average Bonchev–Trinajstić information content (AvgIpc) is 2.40. The largest absolute Gasteiger partial charge is 0.306 e. The molecular weight excluding hydrogens is 254 g/mol. The predicted molar refractivity (Wildman–Crippen MR) is 82.6 cm³/mol. The third-order valence-electron chi connectivity index (χ3n) is 3.47. The van der Waals surface area contributed by atoms with Gasteiger partial charge in [0, 0.05) is 17.6 Å². The number of hydrogen-bond acceptors (Lipinski definition) is 1. The van der Waals surface area contributed by atoms with Crippen LogP contribution in [0.4, 0.5) is 0 Å². The van der Waals surface area contributed by atoms with E-state index in [1.54, 1.807) is 0 Å². The van der Waals surface area contributed by atoms with Gasteiger partial charge < -0.3 is 5.32 Å². The molecule has 1 N–H and O–H groups in total. The maximum Gasteiger partial charge on any atom is 0.0406 e. The van der Waals surface area contributed by atoms with Gasteiger partial charge in [0.2, 0.25) is 0 Å². The molecule has 1 nitrogen and oxygen atoms in total. The number of benzene rings is 2. The molecule has 0 aromatic heterocycles. The smallest absolute Gasteiger partial charge is 0.0406 e. The number of halogens is 1. The van der Waals surface area contributed by atoms with Crippen LogP contribution in [0, 0.1) is 13.8 Å². The molecule has 0 bridgehead atoms. The maximum atomic E-state index is 5.91. The summed E-state index contributed by atoms with van der Waals surface area (Å²) in [6.07, 6.45) is 0. The Labute approximate surface area is 120 Å². The molecule has 0 aliphatic heterocycles. The monoisotopic (exact) mass is 273 g/mol. The molecule has 2 rings (SSSR count). The van der Waals surface area contributed by atoms with E-state index in [1.807, 2.05) is 12.1 Å². The fourth-order valence-corrected chi connectivity index (χ4v) is 2.25. The Kier molecular flexibility index (Phi) is 4.62. The Bertz CT molecular complexity index is 546. The van der Waals surface area contributed by atoms with Crippen LogP contribution < -0.4 is 5.32 Å². The zero-order valence-electron chi connectivity index (χ0n) is 11.7. The molecule has 0 aliphatic carbocycles. The fourth-order valence-electron chi connectivity index (χ4n) is 2.12. The standard InChI is InChI=1S/C17H20ClN/c1-12-4-5-13(2)16(10-12)11-19-14(3)15-6-8-17(18)9-7-15/h4-10,14,19H,11H2,1-3H3/t14-/m0/s1. The molecule has 0 fully saturated rings. The topological polar surface area (TPSA) is 12.0 Å². The van der Waals surface area contributed by atoms with E-state index < -0.39 is 0 Å². The van der Waals surface area contributed by atoms with Crippen molar-refractivity contribution in [3.05, 3.63) is 69.7 Å².